The van der Waals surface area contributed by atoms with E-state index in [1.165, 1.54) is 0 Å². The van der Waals surface area contributed by atoms with Gasteiger partial charge in [-0.15, -0.1) is 30.6 Å². The molecule has 8 heteroatoms. The second kappa shape index (κ2) is 14.5. The third-order valence-electron chi connectivity index (χ3n) is 3.57. The predicted molar refractivity (Wildman–Crippen MR) is 119 cm³/mol. The fourth-order valence-electron chi connectivity index (χ4n) is 2.29. The summed E-state index contributed by atoms with van der Waals surface area (Å²) >= 11 is 0. The number of hydrogen-bond donors (Lipinski definition) is 2. The number of benzene rings is 1. The quantitative estimate of drug-likeness (QED) is 0.172. The van der Waals surface area contributed by atoms with Gasteiger partial charge in [0.15, 0.2) is 17.5 Å². The highest BCUT2D eigenvalue weighted by atomic mass is 127. The number of hydrogen-bond acceptors (Lipinski definition) is 5. The summed E-state index contributed by atoms with van der Waals surface area (Å²) in [5, 5.41) is 6.50. The van der Waals surface area contributed by atoms with Crippen LogP contribution >= 0.6 is 24.0 Å². The van der Waals surface area contributed by atoms with Crippen molar-refractivity contribution in [3.05, 3.63) is 30.9 Å². The molecule has 2 N–H and O–H groups in total. The zero-order valence-corrected chi connectivity index (χ0v) is 18.2. The van der Waals surface area contributed by atoms with Crippen LogP contribution in [0, 0.1) is 0 Å². The molecule has 0 aliphatic carbocycles. The van der Waals surface area contributed by atoms with Gasteiger partial charge in [-0.1, -0.05) is 6.08 Å². The van der Waals surface area contributed by atoms with Crippen LogP contribution in [0.25, 0.3) is 0 Å². The Morgan fingerprint density at radius 1 is 1.22 bits per heavy atom. The molecular formula is C19H30IN3O4. The lowest BCUT2D eigenvalue weighted by Gasteiger charge is -2.14. The number of aliphatic imine (C=N–C) groups is 1. The van der Waals surface area contributed by atoms with E-state index in [1.54, 1.807) is 13.2 Å². The van der Waals surface area contributed by atoms with Gasteiger partial charge in [0.1, 0.15) is 0 Å². The van der Waals surface area contributed by atoms with Crippen LogP contribution in [0.15, 0.2) is 35.8 Å². The highest BCUT2D eigenvalue weighted by Gasteiger charge is 2.11. The molecule has 0 atom stereocenters. The van der Waals surface area contributed by atoms with Crippen molar-refractivity contribution in [2.24, 2.45) is 4.99 Å². The van der Waals surface area contributed by atoms with E-state index in [-0.39, 0.29) is 24.0 Å². The van der Waals surface area contributed by atoms with Gasteiger partial charge < -0.3 is 29.6 Å². The van der Waals surface area contributed by atoms with E-state index in [1.807, 2.05) is 18.2 Å². The average Bonchev–Trinajstić information content (AvgIpc) is 2.90. The first-order valence-corrected chi connectivity index (χ1v) is 8.96. The molecule has 1 aliphatic rings. The van der Waals surface area contributed by atoms with Crippen molar-refractivity contribution in [2.45, 2.75) is 12.8 Å². The first kappa shape index (κ1) is 23.5. The normalized spacial score (nSPS) is 13.3. The zero-order chi connectivity index (χ0) is 18.5. The van der Waals surface area contributed by atoms with E-state index in [9.17, 15) is 0 Å². The molecule has 0 saturated carbocycles. The van der Waals surface area contributed by atoms with Crippen molar-refractivity contribution in [1.82, 2.24) is 5.32 Å². The van der Waals surface area contributed by atoms with E-state index in [4.69, 9.17) is 18.9 Å². The summed E-state index contributed by atoms with van der Waals surface area (Å²) in [4.78, 5) is 4.57. The second-order valence-corrected chi connectivity index (χ2v) is 5.70. The van der Waals surface area contributed by atoms with E-state index >= 15 is 0 Å². The van der Waals surface area contributed by atoms with Crippen LogP contribution in [0.4, 0.5) is 5.69 Å². The van der Waals surface area contributed by atoms with Crippen LogP contribution in [-0.2, 0) is 9.47 Å². The molecule has 1 heterocycles. The van der Waals surface area contributed by atoms with Gasteiger partial charge in [-0.3, -0.25) is 4.99 Å². The third kappa shape index (κ3) is 9.30. The molecule has 1 aromatic rings. The van der Waals surface area contributed by atoms with Crippen molar-refractivity contribution in [2.75, 3.05) is 58.6 Å². The molecular weight excluding hydrogens is 461 g/mol. The van der Waals surface area contributed by atoms with E-state index < -0.39 is 0 Å². The minimum absolute atomic E-state index is 0. The Balaban J connectivity index is 0.00000364. The smallest absolute Gasteiger partial charge is 0.196 e. The molecule has 7 nitrogen and oxygen atoms in total. The minimum atomic E-state index is 0. The monoisotopic (exact) mass is 491 g/mol. The Kier molecular flexibility index (Phi) is 12.7. The summed E-state index contributed by atoms with van der Waals surface area (Å²) in [7, 11) is 1.66. The van der Waals surface area contributed by atoms with Crippen molar-refractivity contribution >= 4 is 35.6 Å². The number of rotatable bonds is 10. The van der Waals surface area contributed by atoms with Gasteiger partial charge in [0.05, 0.1) is 26.4 Å². The zero-order valence-electron chi connectivity index (χ0n) is 15.9. The highest BCUT2D eigenvalue weighted by Crippen LogP contribution is 2.32. The molecule has 0 amide bonds. The molecule has 1 aliphatic heterocycles. The molecule has 2 rings (SSSR count). The van der Waals surface area contributed by atoms with Crippen LogP contribution in [0.3, 0.4) is 0 Å². The molecule has 0 radical (unpaired) electrons. The minimum Gasteiger partial charge on any atom is -0.490 e. The number of nitrogens with zero attached hydrogens (tertiary/aromatic N) is 1. The van der Waals surface area contributed by atoms with Crippen molar-refractivity contribution in [3.63, 3.8) is 0 Å². The largest absolute Gasteiger partial charge is 0.490 e. The molecule has 152 valence electrons. The second-order valence-electron chi connectivity index (χ2n) is 5.70. The van der Waals surface area contributed by atoms with Crippen LogP contribution in [0.1, 0.15) is 12.8 Å². The predicted octanol–water partition coefficient (Wildman–Crippen LogP) is 3.06. The molecule has 1 aromatic carbocycles. The number of anilines is 1. The topological polar surface area (TPSA) is 73.3 Å². The Morgan fingerprint density at radius 2 is 2.04 bits per heavy atom. The maximum Gasteiger partial charge on any atom is 0.196 e. The van der Waals surface area contributed by atoms with E-state index in [0.717, 1.165) is 30.0 Å². The number of halogens is 1. The Labute approximate surface area is 178 Å². The number of fused-ring (bicyclic) bond motifs is 1. The SMILES string of the molecule is C=CCNC(=NCCCOCCOC)Nc1ccc2c(c1)OCCCO2.I. The fourth-order valence-corrected chi connectivity index (χ4v) is 2.29. The number of guanidine groups is 1. The number of nitrogens with one attached hydrogen (secondary N) is 2. The molecule has 0 unspecified atom stereocenters. The Hall–Kier alpha value is -1.52. The van der Waals surface area contributed by atoms with E-state index in [0.29, 0.717) is 52.1 Å². The van der Waals surface area contributed by atoms with Crippen LogP contribution in [0.2, 0.25) is 0 Å². The lowest BCUT2D eigenvalue weighted by Crippen LogP contribution is -2.31. The molecule has 0 bridgehead atoms. The molecule has 0 spiro atoms. The Morgan fingerprint density at radius 3 is 2.81 bits per heavy atom. The highest BCUT2D eigenvalue weighted by molar-refractivity contribution is 14.0. The van der Waals surface area contributed by atoms with Gasteiger partial charge in [0.25, 0.3) is 0 Å². The maximum absolute atomic E-state index is 5.73. The lowest BCUT2D eigenvalue weighted by atomic mass is 10.3. The van der Waals surface area contributed by atoms with Crippen LogP contribution in [0.5, 0.6) is 11.5 Å². The summed E-state index contributed by atoms with van der Waals surface area (Å²) in [5.74, 6) is 2.22. The summed E-state index contributed by atoms with van der Waals surface area (Å²) in [6.07, 6.45) is 3.52. The van der Waals surface area contributed by atoms with Crippen LogP contribution < -0.4 is 20.1 Å². The summed E-state index contributed by atoms with van der Waals surface area (Å²) in [6.45, 7) is 8.24. The fraction of sp³-hybridized carbons (Fsp3) is 0.526. The van der Waals surface area contributed by atoms with Gasteiger partial charge in [-0.2, -0.15) is 0 Å². The van der Waals surface area contributed by atoms with Crippen LogP contribution in [-0.4, -0.2) is 59.2 Å². The van der Waals surface area contributed by atoms with Gasteiger partial charge in [-0.05, 0) is 18.6 Å². The molecule has 27 heavy (non-hydrogen) atoms. The third-order valence-corrected chi connectivity index (χ3v) is 3.57. The molecule has 0 fully saturated rings. The molecule has 0 saturated heterocycles. The summed E-state index contributed by atoms with van der Waals surface area (Å²) in [5.41, 5.74) is 0.890. The van der Waals surface area contributed by atoms with Gasteiger partial charge in [0, 0.05) is 45.0 Å². The summed E-state index contributed by atoms with van der Waals surface area (Å²) < 4.78 is 21.8. The van der Waals surface area contributed by atoms with Gasteiger partial charge in [0.2, 0.25) is 0 Å². The number of ether oxygens (including phenoxy) is 4. The summed E-state index contributed by atoms with van der Waals surface area (Å²) in [6, 6.07) is 5.80. The van der Waals surface area contributed by atoms with Gasteiger partial charge >= 0.3 is 0 Å². The Bertz CT molecular complexity index is 584. The van der Waals surface area contributed by atoms with Gasteiger partial charge in [-0.25, -0.2) is 0 Å². The van der Waals surface area contributed by atoms with Crippen molar-refractivity contribution < 1.29 is 18.9 Å². The molecule has 0 aromatic heterocycles. The average molecular weight is 491 g/mol. The lowest BCUT2D eigenvalue weighted by molar-refractivity contribution is 0.0702. The first-order chi connectivity index (χ1) is 12.8. The van der Waals surface area contributed by atoms with E-state index in [2.05, 4.69) is 22.2 Å². The van der Waals surface area contributed by atoms with Crippen molar-refractivity contribution in [1.29, 1.82) is 0 Å². The standard InChI is InChI=1S/C19H29N3O4.HI/c1-3-8-20-19(21-9-4-10-24-14-13-23-2)22-16-6-7-17-18(15-16)26-12-5-11-25-17;/h3,6-7,15H,1,4-5,8-14H2,2H3,(H2,20,21,22);1H. The maximum atomic E-state index is 5.73. The van der Waals surface area contributed by atoms with Crippen molar-refractivity contribution in [3.8, 4) is 11.5 Å². The first-order valence-electron chi connectivity index (χ1n) is 8.96. The number of methoxy groups -OCH3 is 1.